The van der Waals surface area contributed by atoms with Crippen LogP contribution in [0.1, 0.15) is 27.1 Å². The van der Waals surface area contributed by atoms with Gasteiger partial charge in [0, 0.05) is 5.56 Å². The van der Waals surface area contributed by atoms with Crippen molar-refractivity contribution in [2.45, 2.75) is 6.42 Å². The minimum Gasteiger partial charge on any atom is -0.426 e. The molecular weight excluding hydrogens is 332 g/mol. The molecule has 0 atom stereocenters. The first-order valence-electron chi connectivity index (χ1n) is 6.93. The quantitative estimate of drug-likeness (QED) is 0.345. The third kappa shape index (κ3) is 4.79. The first kappa shape index (κ1) is 17.4. The number of halogens is 1. The van der Waals surface area contributed by atoms with Crippen LogP contribution in [0.5, 0.6) is 11.5 Å². The molecule has 0 aliphatic heterocycles. The van der Waals surface area contributed by atoms with Gasteiger partial charge < -0.3 is 9.47 Å². The number of rotatable bonds is 6. The van der Waals surface area contributed by atoms with Crippen molar-refractivity contribution >= 4 is 28.8 Å². The summed E-state index contributed by atoms with van der Waals surface area (Å²) >= 11 is 5.34. The second-order valence-corrected chi connectivity index (χ2v) is 5.02. The van der Waals surface area contributed by atoms with Gasteiger partial charge in [-0.05, 0) is 60.1 Å². The molecule has 2 aromatic rings. The fourth-order valence-electron chi connectivity index (χ4n) is 1.77. The van der Waals surface area contributed by atoms with E-state index in [0.29, 0.717) is 11.3 Å². The first-order valence-corrected chi connectivity index (χ1v) is 7.31. The van der Waals surface area contributed by atoms with Gasteiger partial charge in [0.2, 0.25) is 0 Å². The summed E-state index contributed by atoms with van der Waals surface area (Å²) in [5, 5.41) is -0.588. The summed E-state index contributed by atoms with van der Waals surface area (Å²) in [6, 6.07) is 11.8. The van der Waals surface area contributed by atoms with Gasteiger partial charge in [0.1, 0.15) is 11.5 Å². The molecule has 0 N–H and O–H groups in total. The van der Waals surface area contributed by atoms with Crippen molar-refractivity contribution in [1.29, 1.82) is 0 Å². The second-order valence-electron chi connectivity index (χ2n) is 4.68. The van der Waals surface area contributed by atoms with Gasteiger partial charge in [-0.2, -0.15) is 0 Å². The van der Waals surface area contributed by atoms with Crippen molar-refractivity contribution in [3.8, 4) is 11.5 Å². The Morgan fingerprint density at radius 1 is 0.875 bits per heavy atom. The van der Waals surface area contributed by atoms with Gasteiger partial charge in [-0.15, -0.1) is 6.58 Å². The van der Waals surface area contributed by atoms with Crippen LogP contribution in [0.2, 0.25) is 0 Å². The van der Waals surface area contributed by atoms with Gasteiger partial charge in [-0.3, -0.25) is 9.59 Å². The van der Waals surface area contributed by atoms with E-state index >= 15 is 0 Å². The molecular formula is C18H13ClO5. The molecule has 0 unspecified atom stereocenters. The van der Waals surface area contributed by atoms with Crippen molar-refractivity contribution in [3.63, 3.8) is 0 Å². The van der Waals surface area contributed by atoms with E-state index in [-0.39, 0.29) is 17.7 Å². The molecule has 0 aromatic heterocycles. The van der Waals surface area contributed by atoms with Gasteiger partial charge in [0.25, 0.3) is 5.24 Å². The Bertz CT molecular complexity index is 763. The van der Waals surface area contributed by atoms with Gasteiger partial charge in [0.15, 0.2) is 0 Å². The number of carbonyl (C=O) groups is 3. The van der Waals surface area contributed by atoms with E-state index in [1.807, 2.05) is 0 Å². The number of benzene rings is 2. The fourth-order valence-corrected chi connectivity index (χ4v) is 1.90. The number of hydrogen-bond acceptors (Lipinski definition) is 5. The molecule has 5 nitrogen and oxygen atoms in total. The molecule has 2 rings (SSSR count). The summed E-state index contributed by atoms with van der Waals surface area (Å²) in [6.07, 6.45) is 1.54. The Morgan fingerprint density at radius 3 is 1.88 bits per heavy atom. The molecule has 0 fully saturated rings. The molecule has 6 heteroatoms. The van der Waals surface area contributed by atoms with E-state index in [1.54, 1.807) is 0 Å². The Balaban J connectivity index is 2.00. The first-order chi connectivity index (χ1) is 11.5. The SMILES string of the molecule is C=CCC(=O)Oc1ccc(C(=O)Oc2ccc(C(=O)Cl)cc2)cc1. The molecule has 24 heavy (non-hydrogen) atoms. The van der Waals surface area contributed by atoms with E-state index in [4.69, 9.17) is 21.1 Å². The Morgan fingerprint density at radius 2 is 1.38 bits per heavy atom. The van der Waals surface area contributed by atoms with Crippen LogP contribution >= 0.6 is 11.6 Å². The highest BCUT2D eigenvalue weighted by molar-refractivity contribution is 6.67. The van der Waals surface area contributed by atoms with Crippen molar-refractivity contribution in [2.75, 3.05) is 0 Å². The smallest absolute Gasteiger partial charge is 0.343 e. The molecule has 0 saturated heterocycles. The summed E-state index contributed by atoms with van der Waals surface area (Å²) in [6.45, 7) is 3.45. The maximum absolute atomic E-state index is 12.0. The van der Waals surface area contributed by atoms with Crippen LogP contribution in [0, 0.1) is 0 Å². The maximum atomic E-state index is 12.0. The van der Waals surface area contributed by atoms with Crippen molar-refractivity contribution in [1.82, 2.24) is 0 Å². The molecule has 0 heterocycles. The van der Waals surface area contributed by atoms with E-state index in [1.165, 1.54) is 54.6 Å². The highest BCUT2D eigenvalue weighted by Crippen LogP contribution is 2.17. The lowest BCUT2D eigenvalue weighted by molar-refractivity contribution is -0.133. The zero-order chi connectivity index (χ0) is 17.5. The average Bonchev–Trinajstić information content (AvgIpc) is 2.56. The number of ether oxygens (including phenoxy) is 2. The zero-order valence-electron chi connectivity index (χ0n) is 12.5. The normalized spacial score (nSPS) is 9.88. The number of esters is 2. The molecule has 0 saturated carbocycles. The summed E-state index contributed by atoms with van der Waals surface area (Å²) in [5.41, 5.74) is 0.596. The predicted molar refractivity (Wildman–Crippen MR) is 88.5 cm³/mol. The predicted octanol–water partition coefficient (Wildman–Crippen LogP) is 3.77. The third-order valence-corrected chi connectivity index (χ3v) is 3.14. The molecule has 0 amide bonds. The Labute approximate surface area is 143 Å². The van der Waals surface area contributed by atoms with E-state index in [9.17, 15) is 14.4 Å². The lowest BCUT2D eigenvalue weighted by Crippen LogP contribution is -2.09. The lowest BCUT2D eigenvalue weighted by atomic mass is 10.2. The van der Waals surface area contributed by atoms with E-state index in [2.05, 4.69) is 6.58 Å². The summed E-state index contributed by atoms with van der Waals surface area (Å²) in [7, 11) is 0. The van der Waals surface area contributed by atoms with Crippen molar-refractivity contribution < 1.29 is 23.9 Å². The largest absolute Gasteiger partial charge is 0.426 e. The van der Waals surface area contributed by atoms with Gasteiger partial charge >= 0.3 is 11.9 Å². The lowest BCUT2D eigenvalue weighted by Gasteiger charge is -2.06. The minimum absolute atomic E-state index is 0.102. The van der Waals surface area contributed by atoms with Gasteiger partial charge in [0.05, 0.1) is 12.0 Å². The average molecular weight is 345 g/mol. The molecule has 2 aromatic carbocycles. The van der Waals surface area contributed by atoms with Crippen LogP contribution in [0.15, 0.2) is 61.2 Å². The Hall–Kier alpha value is -2.92. The topological polar surface area (TPSA) is 69.7 Å². The summed E-state index contributed by atoms with van der Waals surface area (Å²) in [4.78, 5) is 34.3. The molecule has 0 bridgehead atoms. The van der Waals surface area contributed by atoms with Crippen LogP contribution in [-0.4, -0.2) is 17.2 Å². The third-order valence-electron chi connectivity index (χ3n) is 2.92. The van der Waals surface area contributed by atoms with Crippen molar-refractivity contribution in [2.24, 2.45) is 0 Å². The van der Waals surface area contributed by atoms with Crippen LogP contribution < -0.4 is 9.47 Å². The molecule has 122 valence electrons. The van der Waals surface area contributed by atoms with Crippen LogP contribution in [0.3, 0.4) is 0 Å². The van der Waals surface area contributed by atoms with Crippen LogP contribution in [0.4, 0.5) is 0 Å². The standard InChI is InChI=1S/C18H13ClO5/c1-2-3-16(20)23-14-10-6-13(7-11-14)18(22)24-15-8-4-12(5-9-15)17(19)21/h2,4-11H,1,3H2. The highest BCUT2D eigenvalue weighted by Gasteiger charge is 2.10. The van der Waals surface area contributed by atoms with E-state index < -0.39 is 17.2 Å². The number of hydrogen-bond donors (Lipinski definition) is 0. The molecule has 0 aliphatic carbocycles. The summed E-state index contributed by atoms with van der Waals surface area (Å²) < 4.78 is 10.2. The highest BCUT2D eigenvalue weighted by atomic mass is 35.5. The molecule has 0 spiro atoms. The summed E-state index contributed by atoms with van der Waals surface area (Å²) in [5.74, 6) is -0.412. The zero-order valence-corrected chi connectivity index (χ0v) is 13.3. The Kier molecular flexibility index (Phi) is 5.87. The monoisotopic (exact) mass is 344 g/mol. The van der Waals surface area contributed by atoms with E-state index in [0.717, 1.165) is 0 Å². The van der Waals surface area contributed by atoms with Crippen molar-refractivity contribution in [3.05, 3.63) is 72.3 Å². The second kappa shape index (κ2) is 8.08. The minimum atomic E-state index is -0.588. The fraction of sp³-hybridized carbons (Fsp3) is 0.0556. The maximum Gasteiger partial charge on any atom is 0.343 e. The number of carbonyl (C=O) groups excluding carboxylic acids is 3. The van der Waals surface area contributed by atoms with Crippen LogP contribution in [0.25, 0.3) is 0 Å². The molecule has 0 radical (unpaired) electrons. The van der Waals surface area contributed by atoms with Crippen LogP contribution in [-0.2, 0) is 4.79 Å². The van der Waals surface area contributed by atoms with Gasteiger partial charge in [-0.25, -0.2) is 4.79 Å². The van der Waals surface area contributed by atoms with Gasteiger partial charge in [-0.1, -0.05) is 6.08 Å². The molecule has 0 aliphatic rings.